The van der Waals surface area contributed by atoms with Crippen LogP contribution >= 0.6 is 0 Å². The SMILES string of the molecule is CC(C)(F)c1ccc(CC#N)cc1. The van der Waals surface area contributed by atoms with Gasteiger partial charge in [-0.15, -0.1) is 0 Å². The Bertz CT molecular complexity index is 313. The molecule has 1 rings (SSSR count). The summed E-state index contributed by atoms with van der Waals surface area (Å²) in [6, 6.07) is 9.09. The van der Waals surface area contributed by atoms with E-state index in [1.54, 1.807) is 24.3 Å². The Morgan fingerprint density at radius 3 is 2.23 bits per heavy atom. The Labute approximate surface area is 77.8 Å². The number of alkyl halides is 1. The van der Waals surface area contributed by atoms with Crippen LogP contribution in [-0.4, -0.2) is 0 Å². The maximum absolute atomic E-state index is 13.4. The molecule has 0 radical (unpaired) electrons. The van der Waals surface area contributed by atoms with Crippen molar-refractivity contribution < 1.29 is 4.39 Å². The minimum absolute atomic E-state index is 0.382. The molecule has 0 spiro atoms. The van der Waals surface area contributed by atoms with Gasteiger partial charge in [-0.25, -0.2) is 4.39 Å². The van der Waals surface area contributed by atoms with Crippen LogP contribution in [0.25, 0.3) is 0 Å². The van der Waals surface area contributed by atoms with E-state index in [1.807, 2.05) is 6.07 Å². The lowest BCUT2D eigenvalue weighted by atomic mass is 9.98. The van der Waals surface area contributed by atoms with Crippen LogP contribution in [-0.2, 0) is 12.1 Å². The van der Waals surface area contributed by atoms with Crippen molar-refractivity contribution in [3.8, 4) is 6.07 Å². The summed E-state index contributed by atoms with van der Waals surface area (Å²) in [7, 11) is 0. The fourth-order valence-corrected chi connectivity index (χ4v) is 1.11. The van der Waals surface area contributed by atoms with Crippen LogP contribution in [0.1, 0.15) is 25.0 Å². The molecule has 0 fully saturated rings. The summed E-state index contributed by atoms with van der Waals surface area (Å²) in [5, 5.41) is 8.42. The fourth-order valence-electron chi connectivity index (χ4n) is 1.11. The van der Waals surface area contributed by atoms with E-state index in [1.165, 1.54) is 13.8 Å². The molecule has 13 heavy (non-hydrogen) atoms. The molecular formula is C11H12FN. The van der Waals surface area contributed by atoms with E-state index in [-0.39, 0.29) is 0 Å². The van der Waals surface area contributed by atoms with Gasteiger partial charge in [-0.05, 0) is 25.0 Å². The Hall–Kier alpha value is -1.36. The van der Waals surface area contributed by atoms with Gasteiger partial charge in [0.15, 0.2) is 0 Å². The van der Waals surface area contributed by atoms with E-state index < -0.39 is 5.67 Å². The molecule has 1 aromatic carbocycles. The van der Waals surface area contributed by atoms with Crippen LogP contribution in [0.2, 0.25) is 0 Å². The predicted octanol–water partition coefficient (Wildman–Crippen LogP) is 2.96. The summed E-state index contributed by atoms with van der Waals surface area (Å²) in [5.41, 5.74) is 0.273. The highest BCUT2D eigenvalue weighted by Gasteiger charge is 2.17. The summed E-state index contributed by atoms with van der Waals surface area (Å²) >= 11 is 0. The topological polar surface area (TPSA) is 23.8 Å². The zero-order chi connectivity index (χ0) is 9.90. The molecule has 0 aliphatic carbocycles. The summed E-state index contributed by atoms with van der Waals surface area (Å²) in [4.78, 5) is 0. The Morgan fingerprint density at radius 2 is 1.85 bits per heavy atom. The first-order valence-corrected chi connectivity index (χ1v) is 4.19. The number of rotatable bonds is 2. The van der Waals surface area contributed by atoms with Gasteiger partial charge in [0.25, 0.3) is 0 Å². The van der Waals surface area contributed by atoms with Crippen LogP contribution in [0.5, 0.6) is 0 Å². The maximum Gasteiger partial charge on any atom is 0.130 e. The Morgan fingerprint density at radius 1 is 1.31 bits per heavy atom. The second kappa shape index (κ2) is 3.57. The third-order valence-corrected chi connectivity index (χ3v) is 1.92. The van der Waals surface area contributed by atoms with Gasteiger partial charge in [-0.3, -0.25) is 0 Å². The summed E-state index contributed by atoms with van der Waals surface area (Å²) in [6.45, 7) is 3.04. The number of hydrogen-bond acceptors (Lipinski definition) is 1. The van der Waals surface area contributed by atoms with Gasteiger partial charge in [0.1, 0.15) is 5.67 Å². The van der Waals surface area contributed by atoms with E-state index in [9.17, 15) is 4.39 Å². The van der Waals surface area contributed by atoms with E-state index >= 15 is 0 Å². The monoisotopic (exact) mass is 177 g/mol. The van der Waals surface area contributed by atoms with Gasteiger partial charge in [0.2, 0.25) is 0 Å². The summed E-state index contributed by atoms with van der Waals surface area (Å²) in [5.74, 6) is 0. The maximum atomic E-state index is 13.4. The molecular weight excluding hydrogens is 165 g/mol. The zero-order valence-electron chi connectivity index (χ0n) is 7.84. The van der Waals surface area contributed by atoms with Crippen molar-refractivity contribution in [1.29, 1.82) is 5.26 Å². The molecule has 0 aliphatic heterocycles. The van der Waals surface area contributed by atoms with Crippen LogP contribution in [0.3, 0.4) is 0 Å². The summed E-state index contributed by atoms with van der Waals surface area (Å²) in [6.07, 6.45) is 0.382. The molecule has 0 atom stereocenters. The van der Waals surface area contributed by atoms with Crippen molar-refractivity contribution in [3.63, 3.8) is 0 Å². The first-order valence-electron chi connectivity index (χ1n) is 4.19. The van der Waals surface area contributed by atoms with Gasteiger partial charge in [-0.1, -0.05) is 24.3 Å². The molecule has 0 aromatic heterocycles. The third kappa shape index (κ3) is 2.55. The summed E-state index contributed by atoms with van der Waals surface area (Å²) < 4.78 is 13.4. The van der Waals surface area contributed by atoms with Gasteiger partial charge in [0, 0.05) is 0 Å². The second-order valence-corrected chi connectivity index (χ2v) is 3.50. The van der Waals surface area contributed by atoms with Crippen molar-refractivity contribution >= 4 is 0 Å². The molecule has 0 saturated carbocycles. The quantitative estimate of drug-likeness (QED) is 0.681. The van der Waals surface area contributed by atoms with Gasteiger partial charge in [0.05, 0.1) is 12.5 Å². The average molecular weight is 177 g/mol. The lowest BCUT2D eigenvalue weighted by molar-refractivity contribution is 0.221. The first kappa shape index (κ1) is 9.73. The minimum atomic E-state index is -1.30. The molecule has 0 bridgehead atoms. The lowest BCUT2D eigenvalue weighted by Gasteiger charge is -2.14. The third-order valence-electron chi connectivity index (χ3n) is 1.92. The number of benzene rings is 1. The highest BCUT2D eigenvalue weighted by atomic mass is 19.1. The lowest BCUT2D eigenvalue weighted by Crippen LogP contribution is -2.08. The largest absolute Gasteiger partial charge is 0.239 e. The van der Waals surface area contributed by atoms with Crippen molar-refractivity contribution in [1.82, 2.24) is 0 Å². The first-order chi connectivity index (χ1) is 6.04. The smallest absolute Gasteiger partial charge is 0.130 e. The van der Waals surface area contributed by atoms with Crippen molar-refractivity contribution in [2.24, 2.45) is 0 Å². The fraction of sp³-hybridized carbons (Fsp3) is 0.364. The van der Waals surface area contributed by atoms with E-state index in [2.05, 4.69) is 0 Å². The van der Waals surface area contributed by atoms with Crippen molar-refractivity contribution in [2.45, 2.75) is 25.9 Å². The van der Waals surface area contributed by atoms with Gasteiger partial charge in [-0.2, -0.15) is 5.26 Å². The standard InChI is InChI=1S/C11H12FN/c1-11(2,12)10-5-3-9(4-6-10)7-8-13/h3-6H,7H2,1-2H3. The molecule has 0 saturated heterocycles. The van der Waals surface area contributed by atoms with Gasteiger partial charge < -0.3 is 0 Å². The number of nitriles is 1. The van der Waals surface area contributed by atoms with Crippen LogP contribution in [0.15, 0.2) is 24.3 Å². The molecule has 0 heterocycles. The molecule has 0 N–H and O–H groups in total. The highest BCUT2D eigenvalue weighted by Crippen LogP contribution is 2.24. The predicted molar refractivity (Wildman–Crippen MR) is 49.9 cm³/mol. The Kier molecular flexibility index (Phi) is 2.67. The van der Waals surface area contributed by atoms with E-state index in [4.69, 9.17) is 5.26 Å². The molecule has 1 nitrogen and oxygen atoms in total. The van der Waals surface area contributed by atoms with Crippen LogP contribution < -0.4 is 0 Å². The Balaban J connectivity index is 2.89. The average Bonchev–Trinajstić information content (AvgIpc) is 2.04. The van der Waals surface area contributed by atoms with Gasteiger partial charge >= 0.3 is 0 Å². The number of hydrogen-bond donors (Lipinski definition) is 0. The number of halogens is 1. The normalized spacial score (nSPS) is 10.9. The highest BCUT2D eigenvalue weighted by molar-refractivity contribution is 5.27. The minimum Gasteiger partial charge on any atom is -0.239 e. The molecule has 0 amide bonds. The molecule has 2 heteroatoms. The van der Waals surface area contributed by atoms with Crippen molar-refractivity contribution in [3.05, 3.63) is 35.4 Å². The molecule has 0 unspecified atom stereocenters. The molecule has 68 valence electrons. The zero-order valence-corrected chi connectivity index (χ0v) is 7.84. The molecule has 0 aliphatic rings. The van der Waals surface area contributed by atoms with Crippen LogP contribution in [0.4, 0.5) is 4.39 Å². The number of nitrogens with zero attached hydrogens (tertiary/aromatic N) is 1. The van der Waals surface area contributed by atoms with Crippen molar-refractivity contribution in [2.75, 3.05) is 0 Å². The molecule has 1 aromatic rings. The van der Waals surface area contributed by atoms with E-state index in [0.717, 1.165) is 5.56 Å². The van der Waals surface area contributed by atoms with Crippen LogP contribution in [0, 0.1) is 11.3 Å². The second-order valence-electron chi connectivity index (χ2n) is 3.50. The van der Waals surface area contributed by atoms with E-state index in [0.29, 0.717) is 12.0 Å².